The van der Waals surface area contributed by atoms with Crippen LogP contribution in [0.2, 0.25) is 0 Å². The summed E-state index contributed by atoms with van der Waals surface area (Å²) in [4.78, 5) is 0. The van der Waals surface area contributed by atoms with Gasteiger partial charge in [0.05, 0.1) is 7.11 Å². The summed E-state index contributed by atoms with van der Waals surface area (Å²) in [6, 6.07) is 9.15. The molecule has 1 aromatic heterocycles. The molecule has 2 aromatic rings. The van der Waals surface area contributed by atoms with Crippen LogP contribution in [-0.4, -0.2) is 17.4 Å². The van der Waals surface area contributed by atoms with E-state index in [0.29, 0.717) is 10.9 Å². The number of hydrogen-bond acceptors (Lipinski definition) is 4. The van der Waals surface area contributed by atoms with Crippen molar-refractivity contribution in [2.45, 2.75) is 0 Å². The maximum Gasteiger partial charge on any atom is 0.176 e. The van der Waals surface area contributed by atoms with Crippen molar-refractivity contribution in [2.75, 3.05) is 17.7 Å². The fraction of sp³-hybridized carbons (Fsp3) is 0.0909. The predicted octanol–water partition coefficient (Wildman–Crippen LogP) is 2.49. The van der Waals surface area contributed by atoms with E-state index in [1.807, 2.05) is 24.3 Å². The molecule has 6 heteroatoms. The molecular formula is C11H11N3O2S. The summed E-state index contributed by atoms with van der Waals surface area (Å²) < 4.78 is 9.79. The highest BCUT2D eigenvalue weighted by Crippen LogP contribution is 2.16. The number of nitrogens with zero attached hydrogens (tertiary/aromatic N) is 1. The van der Waals surface area contributed by atoms with Gasteiger partial charge in [-0.1, -0.05) is 11.2 Å². The van der Waals surface area contributed by atoms with Crippen molar-refractivity contribution in [3.05, 3.63) is 36.6 Å². The maximum absolute atomic E-state index is 5.12. The molecule has 88 valence electrons. The fourth-order valence-electron chi connectivity index (χ4n) is 1.26. The minimum absolute atomic E-state index is 0.437. The smallest absolute Gasteiger partial charge is 0.176 e. The number of thiocarbonyl (C=S) groups is 1. The van der Waals surface area contributed by atoms with E-state index in [9.17, 15) is 0 Å². The Morgan fingerprint density at radius 2 is 2.24 bits per heavy atom. The second kappa shape index (κ2) is 5.31. The second-order valence-electron chi connectivity index (χ2n) is 3.20. The molecule has 1 aromatic carbocycles. The molecule has 0 aliphatic heterocycles. The number of methoxy groups -OCH3 is 1. The largest absolute Gasteiger partial charge is 0.497 e. The Morgan fingerprint density at radius 1 is 1.35 bits per heavy atom. The Labute approximate surface area is 104 Å². The standard InChI is InChI=1S/C11H11N3O2S/c1-15-9-4-2-3-8(7-9)12-11(17)13-10-5-6-16-14-10/h2-7H,1H3,(H2,12,13,14,17). The number of benzene rings is 1. The second-order valence-corrected chi connectivity index (χ2v) is 3.60. The molecule has 0 aliphatic rings. The highest BCUT2D eigenvalue weighted by molar-refractivity contribution is 7.80. The van der Waals surface area contributed by atoms with Crippen molar-refractivity contribution < 1.29 is 9.26 Å². The van der Waals surface area contributed by atoms with Crippen LogP contribution >= 0.6 is 12.2 Å². The first kappa shape index (κ1) is 11.4. The van der Waals surface area contributed by atoms with Crippen molar-refractivity contribution in [1.82, 2.24) is 5.16 Å². The summed E-state index contributed by atoms with van der Waals surface area (Å²) in [5, 5.41) is 10.0. The Bertz CT molecular complexity index is 499. The van der Waals surface area contributed by atoms with E-state index < -0.39 is 0 Å². The molecule has 0 unspecified atom stereocenters. The average Bonchev–Trinajstić information content (AvgIpc) is 2.82. The van der Waals surface area contributed by atoms with E-state index in [-0.39, 0.29) is 0 Å². The number of hydrogen-bond donors (Lipinski definition) is 2. The van der Waals surface area contributed by atoms with Crippen LogP contribution in [0.15, 0.2) is 41.1 Å². The van der Waals surface area contributed by atoms with E-state index in [4.69, 9.17) is 17.0 Å². The molecule has 0 amide bonds. The van der Waals surface area contributed by atoms with Crippen LogP contribution in [0.5, 0.6) is 5.75 Å². The van der Waals surface area contributed by atoms with E-state index >= 15 is 0 Å². The van der Waals surface area contributed by atoms with Crippen molar-refractivity contribution in [3.8, 4) is 5.75 Å². The number of nitrogens with one attached hydrogen (secondary N) is 2. The zero-order valence-corrected chi connectivity index (χ0v) is 9.95. The summed E-state index contributed by atoms with van der Waals surface area (Å²) >= 11 is 5.12. The third kappa shape index (κ3) is 3.18. The Morgan fingerprint density at radius 3 is 2.94 bits per heavy atom. The van der Waals surface area contributed by atoms with Gasteiger partial charge in [0.2, 0.25) is 0 Å². The lowest BCUT2D eigenvalue weighted by Gasteiger charge is -2.09. The van der Waals surface area contributed by atoms with E-state index in [1.54, 1.807) is 13.2 Å². The molecule has 0 saturated carbocycles. The molecule has 0 atom stereocenters. The molecule has 0 fully saturated rings. The summed E-state index contributed by atoms with van der Waals surface area (Å²) in [5.74, 6) is 1.32. The summed E-state index contributed by atoms with van der Waals surface area (Å²) in [6.45, 7) is 0. The van der Waals surface area contributed by atoms with E-state index in [2.05, 4.69) is 20.3 Å². The van der Waals surface area contributed by atoms with Crippen molar-refractivity contribution >= 4 is 28.8 Å². The lowest BCUT2D eigenvalue weighted by atomic mass is 10.3. The van der Waals surface area contributed by atoms with E-state index in [0.717, 1.165) is 11.4 Å². The summed E-state index contributed by atoms with van der Waals surface area (Å²) in [7, 11) is 1.62. The van der Waals surface area contributed by atoms with Gasteiger partial charge in [0.1, 0.15) is 12.0 Å². The van der Waals surface area contributed by atoms with Crippen LogP contribution in [0.1, 0.15) is 0 Å². The van der Waals surface area contributed by atoms with Gasteiger partial charge < -0.3 is 19.9 Å². The fourth-order valence-corrected chi connectivity index (χ4v) is 1.48. The van der Waals surface area contributed by atoms with Crippen LogP contribution in [0.4, 0.5) is 11.5 Å². The molecule has 5 nitrogen and oxygen atoms in total. The highest BCUT2D eigenvalue weighted by atomic mass is 32.1. The molecule has 0 bridgehead atoms. The third-order valence-corrected chi connectivity index (χ3v) is 2.21. The molecular weight excluding hydrogens is 238 g/mol. The molecule has 2 rings (SSSR count). The highest BCUT2D eigenvalue weighted by Gasteiger charge is 2.01. The number of aromatic nitrogens is 1. The summed E-state index contributed by atoms with van der Waals surface area (Å²) in [5.41, 5.74) is 0.838. The molecule has 0 spiro atoms. The lowest BCUT2D eigenvalue weighted by Crippen LogP contribution is -2.19. The number of rotatable bonds is 3. The number of ether oxygens (including phenoxy) is 1. The molecule has 0 saturated heterocycles. The Kier molecular flexibility index (Phi) is 3.56. The normalized spacial score (nSPS) is 9.71. The monoisotopic (exact) mass is 249 g/mol. The van der Waals surface area contributed by atoms with Gasteiger partial charge >= 0.3 is 0 Å². The Balaban J connectivity index is 1.98. The average molecular weight is 249 g/mol. The zero-order valence-electron chi connectivity index (χ0n) is 9.14. The van der Waals surface area contributed by atoms with Crippen LogP contribution < -0.4 is 15.4 Å². The first-order chi connectivity index (χ1) is 8.28. The summed E-state index contributed by atoms with van der Waals surface area (Å²) in [6.07, 6.45) is 1.47. The minimum Gasteiger partial charge on any atom is -0.497 e. The SMILES string of the molecule is COc1cccc(NC(=S)Nc2ccon2)c1. The van der Waals surface area contributed by atoms with Gasteiger partial charge in [-0.25, -0.2) is 0 Å². The van der Waals surface area contributed by atoms with Crippen molar-refractivity contribution in [1.29, 1.82) is 0 Å². The van der Waals surface area contributed by atoms with Gasteiger partial charge in [0.15, 0.2) is 10.9 Å². The zero-order chi connectivity index (χ0) is 12.1. The van der Waals surface area contributed by atoms with Crippen LogP contribution in [0.25, 0.3) is 0 Å². The quantitative estimate of drug-likeness (QED) is 0.815. The minimum atomic E-state index is 0.437. The molecule has 0 radical (unpaired) electrons. The van der Waals surface area contributed by atoms with Gasteiger partial charge in [-0.2, -0.15) is 0 Å². The first-order valence-corrected chi connectivity index (χ1v) is 5.31. The van der Waals surface area contributed by atoms with Gasteiger partial charge in [-0.15, -0.1) is 0 Å². The lowest BCUT2D eigenvalue weighted by molar-refractivity contribution is 0.415. The van der Waals surface area contributed by atoms with Gasteiger partial charge in [-0.3, -0.25) is 0 Å². The van der Waals surface area contributed by atoms with E-state index in [1.165, 1.54) is 6.26 Å². The van der Waals surface area contributed by atoms with Crippen LogP contribution in [0, 0.1) is 0 Å². The number of anilines is 2. The van der Waals surface area contributed by atoms with Crippen LogP contribution in [0.3, 0.4) is 0 Å². The predicted molar refractivity (Wildman–Crippen MR) is 69.3 cm³/mol. The van der Waals surface area contributed by atoms with Gasteiger partial charge in [0.25, 0.3) is 0 Å². The van der Waals surface area contributed by atoms with Crippen LogP contribution in [-0.2, 0) is 0 Å². The molecule has 1 heterocycles. The Hall–Kier alpha value is -2.08. The molecule has 2 N–H and O–H groups in total. The molecule has 17 heavy (non-hydrogen) atoms. The third-order valence-electron chi connectivity index (χ3n) is 2.01. The van der Waals surface area contributed by atoms with Gasteiger partial charge in [-0.05, 0) is 24.4 Å². The topological polar surface area (TPSA) is 59.3 Å². The van der Waals surface area contributed by atoms with Crippen molar-refractivity contribution in [3.63, 3.8) is 0 Å². The first-order valence-electron chi connectivity index (χ1n) is 4.90. The van der Waals surface area contributed by atoms with Crippen molar-refractivity contribution in [2.24, 2.45) is 0 Å². The maximum atomic E-state index is 5.12. The van der Waals surface area contributed by atoms with Gasteiger partial charge in [0, 0.05) is 17.8 Å². The molecule has 0 aliphatic carbocycles.